The van der Waals surface area contributed by atoms with Crippen LogP contribution in [0.5, 0.6) is 0 Å². The minimum absolute atomic E-state index is 0.744. The molecule has 0 radical (unpaired) electrons. The number of quaternary nitrogens is 1. The number of hydrogen-bond donors (Lipinski definition) is 2. The van der Waals surface area contributed by atoms with Gasteiger partial charge in [0.2, 0.25) is 5.16 Å². The van der Waals surface area contributed by atoms with Gasteiger partial charge in [-0.25, -0.2) is 4.98 Å². The summed E-state index contributed by atoms with van der Waals surface area (Å²) in [6.07, 6.45) is 0. The molecule has 4 rings (SSSR count). The highest BCUT2D eigenvalue weighted by Crippen LogP contribution is 2.24. The average Bonchev–Trinajstić information content (AvgIpc) is 2.93. The average molecular weight is 330 g/mol. The smallest absolute Gasteiger partial charge is 0.211 e. The molecule has 1 aliphatic rings. The van der Waals surface area contributed by atoms with Gasteiger partial charge in [-0.05, 0) is 19.1 Å². The zero-order chi connectivity index (χ0) is 15.6. The number of aryl methyl sites for hydroxylation is 1. The number of fused-ring (bicyclic) bond motifs is 3. The lowest BCUT2D eigenvalue weighted by atomic mass is 10.2. The van der Waals surface area contributed by atoms with Gasteiger partial charge in [0, 0.05) is 10.9 Å². The Morgan fingerprint density at radius 1 is 1.26 bits per heavy atom. The Bertz CT molecular complexity index is 828. The van der Waals surface area contributed by atoms with Crippen LogP contribution in [0.25, 0.3) is 22.1 Å². The summed E-state index contributed by atoms with van der Waals surface area (Å²) in [4.78, 5) is 9.56. The number of morpholine rings is 1. The SMILES string of the molecule is Cc1ccc2[nH]c3nc(SCC[NH+]4CCOCC4)nnc3c2c1. The Hall–Kier alpha value is -1.70. The molecule has 1 aromatic carbocycles. The summed E-state index contributed by atoms with van der Waals surface area (Å²) >= 11 is 1.68. The second-order valence-corrected chi connectivity index (χ2v) is 6.99. The number of hydrogen-bond acceptors (Lipinski definition) is 5. The highest BCUT2D eigenvalue weighted by Gasteiger charge is 2.14. The molecule has 0 bridgehead atoms. The Morgan fingerprint density at radius 2 is 2.13 bits per heavy atom. The van der Waals surface area contributed by atoms with Gasteiger partial charge < -0.3 is 14.6 Å². The van der Waals surface area contributed by atoms with E-state index in [1.807, 2.05) is 0 Å². The van der Waals surface area contributed by atoms with Crippen molar-refractivity contribution >= 4 is 33.8 Å². The van der Waals surface area contributed by atoms with Crippen LogP contribution in [-0.4, -0.2) is 58.8 Å². The van der Waals surface area contributed by atoms with Crippen LogP contribution in [0, 0.1) is 6.92 Å². The molecule has 0 aliphatic carbocycles. The fraction of sp³-hybridized carbons (Fsp3) is 0.438. The van der Waals surface area contributed by atoms with Gasteiger partial charge in [0.1, 0.15) is 18.6 Å². The van der Waals surface area contributed by atoms with Crippen LogP contribution in [0.2, 0.25) is 0 Å². The van der Waals surface area contributed by atoms with Gasteiger partial charge in [0.05, 0.1) is 25.5 Å². The number of aromatic amines is 1. The van der Waals surface area contributed by atoms with E-state index >= 15 is 0 Å². The molecule has 0 atom stereocenters. The van der Waals surface area contributed by atoms with Gasteiger partial charge in [0.15, 0.2) is 5.65 Å². The molecule has 3 aromatic rings. The minimum atomic E-state index is 0.744. The highest BCUT2D eigenvalue weighted by molar-refractivity contribution is 7.99. The molecule has 1 aliphatic heterocycles. The molecule has 0 saturated carbocycles. The first-order chi connectivity index (χ1) is 11.3. The molecule has 7 heteroatoms. The molecule has 2 aromatic heterocycles. The summed E-state index contributed by atoms with van der Waals surface area (Å²) in [5, 5.41) is 10.5. The number of rotatable bonds is 4. The van der Waals surface area contributed by atoms with E-state index in [2.05, 4.69) is 45.3 Å². The largest absolute Gasteiger partial charge is 0.370 e. The van der Waals surface area contributed by atoms with Gasteiger partial charge >= 0.3 is 0 Å². The number of ether oxygens (including phenoxy) is 1. The number of aromatic nitrogens is 4. The van der Waals surface area contributed by atoms with Crippen molar-refractivity contribution in [1.29, 1.82) is 0 Å². The number of benzene rings is 1. The summed E-state index contributed by atoms with van der Waals surface area (Å²) in [5.41, 5.74) is 3.95. The maximum atomic E-state index is 5.38. The van der Waals surface area contributed by atoms with Crippen molar-refractivity contribution < 1.29 is 9.64 Å². The van der Waals surface area contributed by atoms with Gasteiger partial charge in [0.25, 0.3) is 0 Å². The summed E-state index contributed by atoms with van der Waals surface area (Å²) in [7, 11) is 0. The third-order valence-corrected chi connectivity index (χ3v) is 5.08. The third-order valence-electron chi connectivity index (χ3n) is 4.24. The second kappa shape index (κ2) is 6.43. The minimum Gasteiger partial charge on any atom is -0.370 e. The standard InChI is InChI=1S/C16H19N5OS/c1-11-2-3-13-12(10-11)14-15(17-13)18-16(20-19-14)23-9-6-21-4-7-22-8-5-21/h2-3,10H,4-9H2,1H3,(H,17,18,20)/p+1. The normalized spacial score (nSPS) is 16.4. The fourth-order valence-corrected chi connectivity index (χ4v) is 3.76. The van der Waals surface area contributed by atoms with Crippen LogP contribution in [0.15, 0.2) is 23.4 Å². The molecule has 2 N–H and O–H groups in total. The summed E-state index contributed by atoms with van der Waals surface area (Å²) in [5.74, 6) is 1.00. The Kier molecular flexibility index (Phi) is 4.15. The summed E-state index contributed by atoms with van der Waals surface area (Å²) in [6, 6.07) is 6.29. The van der Waals surface area contributed by atoms with Crippen molar-refractivity contribution in [3.63, 3.8) is 0 Å². The molecule has 3 heterocycles. The molecule has 6 nitrogen and oxygen atoms in total. The van der Waals surface area contributed by atoms with Crippen molar-refractivity contribution in [2.24, 2.45) is 0 Å². The van der Waals surface area contributed by atoms with E-state index in [4.69, 9.17) is 4.74 Å². The molecular weight excluding hydrogens is 310 g/mol. The topological polar surface area (TPSA) is 68.1 Å². The monoisotopic (exact) mass is 330 g/mol. The van der Waals surface area contributed by atoms with E-state index < -0.39 is 0 Å². The van der Waals surface area contributed by atoms with E-state index in [0.717, 1.165) is 65.8 Å². The van der Waals surface area contributed by atoms with Crippen LogP contribution in [-0.2, 0) is 4.74 Å². The summed E-state index contributed by atoms with van der Waals surface area (Å²) in [6.45, 7) is 7.13. The molecule has 120 valence electrons. The van der Waals surface area contributed by atoms with Crippen LogP contribution in [0.4, 0.5) is 0 Å². The lowest BCUT2D eigenvalue weighted by Gasteiger charge is -2.23. The zero-order valence-electron chi connectivity index (χ0n) is 13.1. The van der Waals surface area contributed by atoms with E-state index in [1.54, 1.807) is 16.7 Å². The van der Waals surface area contributed by atoms with Crippen LogP contribution in [0.3, 0.4) is 0 Å². The van der Waals surface area contributed by atoms with Gasteiger partial charge in [-0.3, -0.25) is 0 Å². The van der Waals surface area contributed by atoms with E-state index in [1.165, 1.54) is 5.56 Å². The number of nitrogens with zero attached hydrogens (tertiary/aromatic N) is 3. The Balaban J connectivity index is 1.49. The van der Waals surface area contributed by atoms with Crippen LogP contribution >= 0.6 is 11.8 Å². The highest BCUT2D eigenvalue weighted by atomic mass is 32.2. The van der Waals surface area contributed by atoms with Crippen molar-refractivity contribution in [3.8, 4) is 0 Å². The predicted octanol–water partition coefficient (Wildman–Crippen LogP) is 0.822. The Labute approximate surface area is 138 Å². The third kappa shape index (κ3) is 3.17. The van der Waals surface area contributed by atoms with Crippen molar-refractivity contribution in [2.45, 2.75) is 12.1 Å². The molecule has 1 fully saturated rings. The van der Waals surface area contributed by atoms with Crippen LogP contribution < -0.4 is 4.90 Å². The van der Waals surface area contributed by atoms with Crippen LogP contribution in [0.1, 0.15) is 5.56 Å². The lowest BCUT2D eigenvalue weighted by molar-refractivity contribution is -0.905. The van der Waals surface area contributed by atoms with Gasteiger partial charge in [-0.1, -0.05) is 23.4 Å². The quantitative estimate of drug-likeness (QED) is 0.693. The molecular formula is C16H20N5OS+. The van der Waals surface area contributed by atoms with E-state index in [9.17, 15) is 0 Å². The fourth-order valence-electron chi connectivity index (χ4n) is 2.93. The first kappa shape index (κ1) is 14.9. The first-order valence-electron chi connectivity index (χ1n) is 7.96. The predicted molar refractivity (Wildman–Crippen MR) is 91.0 cm³/mol. The van der Waals surface area contributed by atoms with Crippen molar-refractivity contribution in [3.05, 3.63) is 23.8 Å². The van der Waals surface area contributed by atoms with Crippen molar-refractivity contribution in [2.75, 3.05) is 38.6 Å². The molecule has 1 saturated heterocycles. The zero-order valence-corrected chi connectivity index (χ0v) is 13.9. The second-order valence-electron chi connectivity index (χ2n) is 5.93. The molecule has 0 amide bonds. The van der Waals surface area contributed by atoms with E-state index in [-0.39, 0.29) is 0 Å². The molecule has 0 unspecified atom stereocenters. The van der Waals surface area contributed by atoms with Crippen molar-refractivity contribution in [1.82, 2.24) is 20.2 Å². The number of nitrogens with one attached hydrogen (secondary N) is 2. The molecule has 23 heavy (non-hydrogen) atoms. The number of thioether (sulfide) groups is 1. The maximum Gasteiger partial charge on any atom is 0.211 e. The van der Waals surface area contributed by atoms with E-state index in [0.29, 0.717) is 0 Å². The maximum absolute atomic E-state index is 5.38. The Morgan fingerprint density at radius 3 is 3.00 bits per heavy atom. The van der Waals surface area contributed by atoms with Gasteiger partial charge in [-0.15, -0.1) is 10.2 Å². The molecule has 0 spiro atoms. The van der Waals surface area contributed by atoms with Gasteiger partial charge in [-0.2, -0.15) is 0 Å². The lowest BCUT2D eigenvalue weighted by Crippen LogP contribution is -3.14. The first-order valence-corrected chi connectivity index (χ1v) is 8.95. The summed E-state index contributed by atoms with van der Waals surface area (Å²) < 4.78 is 5.38. The number of H-pyrrole nitrogens is 1.